The summed E-state index contributed by atoms with van der Waals surface area (Å²) in [6.45, 7) is 6.25. The van der Waals surface area contributed by atoms with Crippen LogP contribution in [0.4, 0.5) is 5.69 Å². The van der Waals surface area contributed by atoms with Crippen LogP contribution in [0.3, 0.4) is 0 Å². The maximum absolute atomic E-state index is 5.39. The summed E-state index contributed by atoms with van der Waals surface area (Å²) < 4.78 is 7.32. The van der Waals surface area contributed by atoms with Crippen LogP contribution < -0.4 is 5.32 Å². The van der Waals surface area contributed by atoms with E-state index in [0.717, 1.165) is 22.5 Å². The molecule has 0 aliphatic carbocycles. The summed E-state index contributed by atoms with van der Waals surface area (Å²) in [6, 6.07) is 6.32. The minimum atomic E-state index is 0.101. The molecule has 0 saturated heterocycles. The third kappa shape index (κ3) is 2.27. The van der Waals surface area contributed by atoms with E-state index < -0.39 is 0 Å². The second kappa shape index (κ2) is 5.00. The zero-order chi connectivity index (χ0) is 14.1. The fourth-order valence-corrected chi connectivity index (χ4v) is 2.26. The first-order valence-corrected chi connectivity index (χ1v) is 6.78. The second-order valence-corrected chi connectivity index (χ2v) is 5.20. The Morgan fingerprint density at radius 1 is 1.25 bits per heavy atom. The van der Waals surface area contributed by atoms with Crippen LogP contribution in [0, 0.1) is 0 Å². The van der Waals surface area contributed by atoms with E-state index in [4.69, 9.17) is 4.42 Å². The van der Waals surface area contributed by atoms with Crippen molar-refractivity contribution in [3.63, 3.8) is 0 Å². The van der Waals surface area contributed by atoms with Gasteiger partial charge in [-0.25, -0.2) is 9.67 Å². The lowest BCUT2D eigenvalue weighted by Crippen LogP contribution is -2.06. The number of nitrogens with one attached hydrogen (secondary N) is 1. The number of nitrogens with zero attached hydrogens (tertiary/aromatic N) is 3. The van der Waals surface area contributed by atoms with Gasteiger partial charge in [0.15, 0.2) is 5.65 Å². The monoisotopic (exact) mass is 270 g/mol. The normalized spacial score (nSPS) is 13.0. The zero-order valence-electron chi connectivity index (χ0n) is 11.9. The van der Waals surface area contributed by atoms with Crippen LogP contribution in [0.1, 0.15) is 38.6 Å². The third-order valence-corrected chi connectivity index (χ3v) is 3.28. The number of pyridine rings is 1. The van der Waals surface area contributed by atoms with Crippen molar-refractivity contribution in [1.29, 1.82) is 0 Å². The maximum Gasteiger partial charge on any atom is 0.158 e. The summed E-state index contributed by atoms with van der Waals surface area (Å²) >= 11 is 0. The predicted molar refractivity (Wildman–Crippen MR) is 78.7 cm³/mol. The Morgan fingerprint density at radius 2 is 2.10 bits per heavy atom. The Bertz CT molecular complexity index is 700. The van der Waals surface area contributed by atoms with Crippen molar-refractivity contribution < 1.29 is 4.42 Å². The molecule has 3 aromatic heterocycles. The summed E-state index contributed by atoms with van der Waals surface area (Å²) in [5, 5.41) is 8.79. The fourth-order valence-electron chi connectivity index (χ4n) is 2.26. The first-order chi connectivity index (χ1) is 9.65. The summed E-state index contributed by atoms with van der Waals surface area (Å²) in [4.78, 5) is 4.50. The van der Waals surface area contributed by atoms with Gasteiger partial charge < -0.3 is 9.73 Å². The van der Waals surface area contributed by atoms with Gasteiger partial charge in [0, 0.05) is 11.4 Å². The molecule has 20 heavy (non-hydrogen) atoms. The molecular weight excluding hydrogens is 252 g/mol. The van der Waals surface area contributed by atoms with E-state index in [1.807, 2.05) is 29.2 Å². The van der Waals surface area contributed by atoms with Crippen LogP contribution in [-0.4, -0.2) is 14.8 Å². The molecule has 3 aromatic rings. The first-order valence-electron chi connectivity index (χ1n) is 6.78. The number of hydrogen-bond acceptors (Lipinski definition) is 4. The maximum atomic E-state index is 5.39. The smallest absolute Gasteiger partial charge is 0.158 e. The largest absolute Gasteiger partial charge is 0.467 e. The molecule has 0 spiro atoms. The van der Waals surface area contributed by atoms with Gasteiger partial charge in [0.1, 0.15) is 5.76 Å². The standard InChI is InChI=1S/C15H18N4O/c1-10(2)19-15-12(8-17-19)7-13(9-16-15)18-11(3)14-5-4-6-20-14/h4-11,18H,1-3H3. The average molecular weight is 270 g/mol. The summed E-state index contributed by atoms with van der Waals surface area (Å²) in [7, 11) is 0. The molecular formula is C15H18N4O. The Balaban J connectivity index is 1.86. The molecule has 1 N–H and O–H groups in total. The summed E-state index contributed by atoms with van der Waals surface area (Å²) in [5.74, 6) is 0.906. The van der Waals surface area contributed by atoms with E-state index in [9.17, 15) is 0 Å². The highest BCUT2D eigenvalue weighted by Gasteiger charge is 2.11. The van der Waals surface area contributed by atoms with E-state index in [1.165, 1.54) is 0 Å². The first kappa shape index (κ1) is 12.7. The average Bonchev–Trinajstić information content (AvgIpc) is 3.07. The van der Waals surface area contributed by atoms with Gasteiger partial charge in [-0.15, -0.1) is 0 Å². The number of hydrogen-bond donors (Lipinski definition) is 1. The number of fused-ring (bicyclic) bond motifs is 1. The molecule has 0 aromatic carbocycles. The van der Waals surface area contributed by atoms with Gasteiger partial charge >= 0.3 is 0 Å². The van der Waals surface area contributed by atoms with Crippen molar-refractivity contribution in [2.75, 3.05) is 5.32 Å². The van der Waals surface area contributed by atoms with Crippen LogP contribution >= 0.6 is 0 Å². The molecule has 3 rings (SSSR count). The molecule has 0 aliphatic rings. The van der Waals surface area contributed by atoms with E-state index in [0.29, 0.717) is 6.04 Å². The van der Waals surface area contributed by atoms with Crippen LogP contribution in [0.2, 0.25) is 0 Å². The summed E-state index contributed by atoms with van der Waals surface area (Å²) in [6.07, 6.45) is 5.37. The van der Waals surface area contributed by atoms with E-state index >= 15 is 0 Å². The van der Waals surface area contributed by atoms with Crippen molar-refractivity contribution in [3.8, 4) is 0 Å². The van der Waals surface area contributed by atoms with Gasteiger partial charge in [-0.2, -0.15) is 5.10 Å². The Morgan fingerprint density at radius 3 is 2.80 bits per heavy atom. The van der Waals surface area contributed by atoms with Gasteiger partial charge in [0.05, 0.1) is 30.4 Å². The van der Waals surface area contributed by atoms with Crippen molar-refractivity contribution in [2.45, 2.75) is 32.9 Å². The zero-order valence-corrected chi connectivity index (χ0v) is 11.9. The van der Waals surface area contributed by atoms with Gasteiger partial charge in [-0.3, -0.25) is 0 Å². The molecule has 5 heteroatoms. The molecule has 104 valence electrons. The quantitative estimate of drug-likeness (QED) is 0.784. The fraction of sp³-hybridized carbons (Fsp3) is 0.333. The molecule has 0 aliphatic heterocycles. The Hall–Kier alpha value is -2.30. The number of furan rings is 1. The molecule has 1 atom stereocenters. The Kier molecular flexibility index (Phi) is 3.18. The lowest BCUT2D eigenvalue weighted by molar-refractivity contribution is 0.490. The SMILES string of the molecule is CC(Nc1cnc2c(cnn2C(C)C)c1)c1ccco1. The van der Waals surface area contributed by atoms with Crippen LogP contribution in [0.25, 0.3) is 11.0 Å². The van der Waals surface area contributed by atoms with Crippen molar-refractivity contribution in [2.24, 2.45) is 0 Å². The third-order valence-electron chi connectivity index (χ3n) is 3.28. The van der Waals surface area contributed by atoms with Crippen molar-refractivity contribution in [3.05, 3.63) is 42.6 Å². The van der Waals surface area contributed by atoms with Crippen molar-refractivity contribution in [1.82, 2.24) is 14.8 Å². The number of anilines is 1. The number of aromatic nitrogens is 3. The summed E-state index contributed by atoms with van der Waals surface area (Å²) in [5.41, 5.74) is 1.88. The lowest BCUT2D eigenvalue weighted by atomic mass is 10.2. The topological polar surface area (TPSA) is 55.9 Å². The molecule has 5 nitrogen and oxygen atoms in total. The van der Waals surface area contributed by atoms with Crippen molar-refractivity contribution >= 4 is 16.7 Å². The highest BCUT2D eigenvalue weighted by molar-refractivity contribution is 5.78. The highest BCUT2D eigenvalue weighted by Crippen LogP contribution is 2.23. The molecule has 1 unspecified atom stereocenters. The second-order valence-electron chi connectivity index (χ2n) is 5.20. The molecule has 0 fully saturated rings. The molecule has 0 bridgehead atoms. The van der Waals surface area contributed by atoms with Gasteiger partial charge in [-0.1, -0.05) is 0 Å². The molecule has 0 radical (unpaired) electrons. The Labute approximate surface area is 117 Å². The highest BCUT2D eigenvalue weighted by atomic mass is 16.3. The van der Waals surface area contributed by atoms with Gasteiger partial charge in [0.2, 0.25) is 0 Å². The molecule has 0 amide bonds. The minimum Gasteiger partial charge on any atom is -0.467 e. The predicted octanol–water partition coefficient (Wildman–Crippen LogP) is 3.78. The van der Waals surface area contributed by atoms with E-state index in [1.54, 1.807) is 6.26 Å². The molecule has 3 heterocycles. The lowest BCUT2D eigenvalue weighted by Gasteiger charge is -2.13. The molecule has 0 saturated carbocycles. The van der Waals surface area contributed by atoms with Crippen LogP contribution in [-0.2, 0) is 0 Å². The van der Waals surface area contributed by atoms with E-state index in [2.05, 4.69) is 42.2 Å². The van der Waals surface area contributed by atoms with Gasteiger partial charge in [-0.05, 0) is 39.0 Å². The van der Waals surface area contributed by atoms with Crippen LogP contribution in [0.5, 0.6) is 0 Å². The van der Waals surface area contributed by atoms with E-state index in [-0.39, 0.29) is 6.04 Å². The van der Waals surface area contributed by atoms with Gasteiger partial charge in [0.25, 0.3) is 0 Å². The number of rotatable bonds is 4. The van der Waals surface area contributed by atoms with Crippen LogP contribution in [0.15, 0.2) is 41.3 Å². The minimum absolute atomic E-state index is 0.101.